The molecule has 0 spiro atoms. The molecule has 1 aliphatic heterocycles. The van der Waals surface area contributed by atoms with Crippen LogP contribution in [0.25, 0.3) is 0 Å². The third kappa shape index (κ3) is 3.67. The topological polar surface area (TPSA) is 54.5 Å². The fourth-order valence-corrected chi connectivity index (χ4v) is 3.77. The second kappa shape index (κ2) is 6.10. The molecular weight excluding hydrogens is 340 g/mol. The standard InChI is InChI=1S/C13H14Cl2FNO3S/c1-8-2-4-17(5-3-8)13(18)9-6-12(21(15,19)20)10(14)7-11(9)16/h6-8H,2-5H2,1H3. The van der Waals surface area contributed by atoms with Gasteiger partial charge in [0.25, 0.3) is 15.0 Å². The molecule has 1 aromatic rings. The van der Waals surface area contributed by atoms with Gasteiger partial charge in [-0.15, -0.1) is 0 Å². The molecule has 1 fully saturated rings. The van der Waals surface area contributed by atoms with Crippen LogP contribution < -0.4 is 0 Å². The summed E-state index contributed by atoms with van der Waals surface area (Å²) >= 11 is 5.67. The molecule has 1 heterocycles. The Kier molecular flexibility index (Phi) is 4.80. The van der Waals surface area contributed by atoms with E-state index in [2.05, 4.69) is 6.92 Å². The van der Waals surface area contributed by atoms with E-state index in [1.807, 2.05) is 0 Å². The number of likely N-dealkylation sites (tertiary alicyclic amines) is 1. The van der Waals surface area contributed by atoms with Gasteiger partial charge in [-0.05, 0) is 30.9 Å². The van der Waals surface area contributed by atoms with Gasteiger partial charge in [-0.3, -0.25) is 4.79 Å². The molecule has 0 atom stereocenters. The number of amides is 1. The fourth-order valence-electron chi connectivity index (χ4n) is 2.26. The van der Waals surface area contributed by atoms with Crippen molar-refractivity contribution >= 4 is 37.2 Å². The lowest BCUT2D eigenvalue weighted by Gasteiger charge is -2.30. The number of carbonyl (C=O) groups excluding carboxylic acids is 1. The highest BCUT2D eigenvalue weighted by molar-refractivity contribution is 8.13. The predicted octanol–water partition coefficient (Wildman–Crippen LogP) is 3.28. The molecule has 1 amide bonds. The summed E-state index contributed by atoms with van der Waals surface area (Å²) in [7, 11) is 1.10. The Balaban J connectivity index is 2.37. The molecule has 1 aromatic carbocycles. The van der Waals surface area contributed by atoms with Gasteiger partial charge < -0.3 is 4.90 Å². The van der Waals surface area contributed by atoms with Crippen LogP contribution in [-0.2, 0) is 9.05 Å². The lowest BCUT2D eigenvalue weighted by molar-refractivity contribution is 0.0692. The Morgan fingerprint density at radius 1 is 1.33 bits per heavy atom. The molecule has 8 heteroatoms. The quantitative estimate of drug-likeness (QED) is 0.766. The zero-order valence-corrected chi connectivity index (χ0v) is 13.6. The average Bonchev–Trinajstić information content (AvgIpc) is 2.37. The molecule has 2 rings (SSSR count). The van der Waals surface area contributed by atoms with E-state index in [-0.39, 0.29) is 10.6 Å². The van der Waals surface area contributed by atoms with Crippen molar-refractivity contribution in [1.29, 1.82) is 0 Å². The van der Waals surface area contributed by atoms with Crippen molar-refractivity contribution in [2.24, 2.45) is 5.92 Å². The molecule has 0 saturated carbocycles. The normalized spacial score (nSPS) is 17.0. The van der Waals surface area contributed by atoms with E-state index in [0.29, 0.717) is 19.0 Å². The number of hydrogen-bond donors (Lipinski definition) is 0. The molecule has 116 valence electrons. The van der Waals surface area contributed by atoms with Gasteiger partial charge in [0.15, 0.2) is 0 Å². The van der Waals surface area contributed by atoms with E-state index >= 15 is 0 Å². The first-order valence-electron chi connectivity index (χ1n) is 6.43. The van der Waals surface area contributed by atoms with Crippen LogP contribution in [0, 0.1) is 11.7 Å². The first kappa shape index (κ1) is 16.5. The summed E-state index contributed by atoms with van der Waals surface area (Å²) in [4.78, 5) is 13.4. The largest absolute Gasteiger partial charge is 0.339 e. The minimum Gasteiger partial charge on any atom is -0.339 e. The van der Waals surface area contributed by atoms with Crippen LogP contribution in [0.15, 0.2) is 17.0 Å². The van der Waals surface area contributed by atoms with Gasteiger partial charge in [-0.2, -0.15) is 0 Å². The summed E-state index contributed by atoms with van der Waals surface area (Å²) in [6.07, 6.45) is 1.67. The van der Waals surface area contributed by atoms with Gasteiger partial charge in [-0.1, -0.05) is 18.5 Å². The molecule has 1 aliphatic rings. The van der Waals surface area contributed by atoms with Crippen molar-refractivity contribution in [3.63, 3.8) is 0 Å². The highest BCUT2D eigenvalue weighted by Gasteiger charge is 2.26. The third-order valence-corrected chi connectivity index (χ3v) is 5.37. The van der Waals surface area contributed by atoms with Gasteiger partial charge in [0.05, 0.1) is 10.6 Å². The number of benzene rings is 1. The molecule has 21 heavy (non-hydrogen) atoms. The van der Waals surface area contributed by atoms with Crippen LogP contribution in [0.4, 0.5) is 4.39 Å². The molecule has 0 aliphatic carbocycles. The molecule has 1 saturated heterocycles. The molecule has 0 radical (unpaired) electrons. The maximum atomic E-state index is 13.9. The first-order chi connectivity index (χ1) is 9.70. The molecule has 4 nitrogen and oxygen atoms in total. The molecule has 0 aromatic heterocycles. The van der Waals surface area contributed by atoms with Gasteiger partial charge in [0.1, 0.15) is 10.7 Å². The number of halogens is 3. The van der Waals surface area contributed by atoms with E-state index < -0.39 is 25.7 Å². The molecule has 0 bridgehead atoms. The van der Waals surface area contributed by atoms with Crippen LogP contribution >= 0.6 is 22.3 Å². The monoisotopic (exact) mass is 353 g/mol. The van der Waals surface area contributed by atoms with Gasteiger partial charge in [0, 0.05) is 23.8 Å². The van der Waals surface area contributed by atoms with Crippen LogP contribution in [-0.4, -0.2) is 32.3 Å². The van der Waals surface area contributed by atoms with Gasteiger partial charge >= 0.3 is 0 Å². The SMILES string of the molecule is CC1CCN(C(=O)c2cc(S(=O)(=O)Cl)c(Cl)cc2F)CC1. The zero-order chi connectivity index (χ0) is 15.8. The summed E-state index contributed by atoms with van der Waals surface area (Å²) in [6.45, 7) is 3.12. The lowest BCUT2D eigenvalue weighted by Crippen LogP contribution is -2.38. The fraction of sp³-hybridized carbons (Fsp3) is 0.462. The summed E-state index contributed by atoms with van der Waals surface area (Å²) in [5.41, 5.74) is -0.326. The van der Waals surface area contributed by atoms with Crippen molar-refractivity contribution in [3.8, 4) is 0 Å². The van der Waals surface area contributed by atoms with Crippen molar-refractivity contribution in [3.05, 3.63) is 28.5 Å². The van der Waals surface area contributed by atoms with Crippen molar-refractivity contribution < 1.29 is 17.6 Å². The Bertz CT molecular complexity index is 670. The third-order valence-electron chi connectivity index (χ3n) is 3.59. The highest BCUT2D eigenvalue weighted by atomic mass is 35.7. The Morgan fingerprint density at radius 3 is 2.43 bits per heavy atom. The lowest BCUT2D eigenvalue weighted by atomic mass is 9.98. The van der Waals surface area contributed by atoms with Gasteiger partial charge in [-0.25, -0.2) is 12.8 Å². The van der Waals surface area contributed by atoms with E-state index in [0.717, 1.165) is 25.0 Å². The first-order valence-corrected chi connectivity index (χ1v) is 9.12. The maximum Gasteiger partial charge on any atom is 0.262 e. The van der Waals surface area contributed by atoms with Crippen LogP contribution in [0.2, 0.25) is 5.02 Å². The Morgan fingerprint density at radius 2 is 1.90 bits per heavy atom. The number of carbonyl (C=O) groups is 1. The minimum absolute atomic E-state index is 0.326. The van der Waals surface area contributed by atoms with E-state index in [9.17, 15) is 17.6 Å². The zero-order valence-electron chi connectivity index (χ0n) is 11.3. The van der Waals surface area contributed by atoms with E-state index in [4.69, 9.17) is 22.3 Å². The average molecular weight is 354 g/mol. The van der Waals surface area contributed by atoms with Crippen molar-refractivity contribution in [1.82, 2.24) is 4.90 Å². The summed E-state index contributed by atoms with van der Waals surface area (Å²) < 4.78 is 36.7. The number of rotatable bonds is 2. The number of piperidine rings is 1. The molecular formula is C13H14Cl2FNO3S. The summed E-state index contributed by atoms with van der Waals surface area (Å²) in [5.74, 6) is -0.881. The second-order valence-electron chi connectivity index (χ2n) is 5.18. The number of nitrogens with zero attached hydrogens (tertiary/aromatic N) is 1. The molecule has 0 N–H and O–H groups in total. The van der Waals surface area contributed by atoms with E-state index in [1.165, 1.54) is 4.90 Å². The van der Waals surface area contributed by atoms with Crippen LogP contribution in [0.3, 0.4) is 0 Å². The van der Waals surface area contributed by atoms with Crippen molar-refractivity contribution in [2.75, 3.05) is 13.1 Å². The van der Waals surface area contributed by atoms with Crippen molar-refractivity contribution in [2.45, 2.75) is 24.7 Å². The number of hydrogen-bond acceptors (Lipinski definition) is 3. The minimum atomic E-state index is -4.14. The molecule has 0 unspecified atom stereocenters. The summed E-state index contributed by atoms with van der Waals surface area (Å²) in [6, 6.07) is 1.71. The predicted molar refractivity (Wildman–Crippen MR) is 78.8 cm³/mol. The smallest absolute Gasteiger partial charge is 0.262 e. The Labute approximate surface area is 132 Å². The highest BCUT2D eigenvalue weighted by Crippen LogP contribution is 2.29. The Hall–Kier alpha value is -0.850. The van der Waals surface area contributed by atoms with Crippen LogP contribution in [0.1, 0.15) is 30.1 Å². The van der Waals surface area contributed by atoms with Crippen LogP contribution in [0.5, 0.6) is 0 Å². The second-order valence-corrected chi connectivity index (χ2v) is 8.12. The van der Waals surface area contributed by atoms with E-state index in [1.54, 1.807) is 0 Å². The van der Waals surface area contributed by atoms with Gasteiger partial charge in [0.2, 0.25) is 0 Å². The maximum absolute atomic E-state index is 13.9. The summed E-state index contributed by atoms with van der Waals surface area (Å²) in [5, 5.41) is -0.341.